The standard InChI is InChI=1S/C31H18N2/c1-2-7-19(8-3-1)23-11-6-12-24-25-14-13-20-15-16-32-29-26-17-21-9-4-5-10-22(21)18-27(26)33(30(23)24)31(25)28(20)29/h1-18H. The van der Waals surface area contributed by atoms with Gasteiger partial charge in [0, 0.05) is 33.3 Å². The van der Waals surface area contributed by atoms with Crippen LogP contribution in [0.3, 0.4) is 0 Å². The average Bonchev–Trinajstić information content (AvgIpc) is 3.23. The van der Waals surface area contributed by atoms with Crippen LogP contribution in [0, 0.1) is 0 Å². The molecular formula is C31H18N2. The predicted octanol–water partition coefficient (Wildman–Crippen LogP) is 8.21. The molecule has 8 rings (SSSR count). The lowest BCUT2D eigenvalue weighted by Gasteiger charge is -2.14. The van der Waals surface area contributed by atoms with Gasteiger partial charge in [0.15, 0.2) is 0 Å². The first-order valence-electron chi connectivity index (χ1n) is 11.3. The summed E-state index contributed by atoms with van der Waals surface area (Å²) < 4.78 is 2.49. The summed E-state index contributed by atoms with van der Waals surface area (Å²) in [5, 5.41) is 8.72. The van der Waals surface area contributed by atoms with Crippen molar-refractivity contribution in [2.24, 2.45) is 0 Å². The Bertz CT molecular complexity index is 2010. The van der Waals surface area contributed by atoms with E-state index in [9.17, 15) is 0 Å². The third kappa shape index (κ3) is 2.15. The third-order valence-corrected chi connectivity index (χ3v) is 7.12. The highest BCUT2D eigenvalue weighted by atomic mass is 14.9. The van der Waals surface area contributed by atoms with Crippen LogP contribution in [0.25, 0.3) is 70.9 Å². The molecule has 0 saturated carbocycles. The smallest absolute Gasteiger partial charge is 0.0822 e. The van der Waals surface area contributed by atoms with E-state index in [-0.39, 0.29) is 0 Å². The number of pyridine rings is 2. The molecule has 0 unspecified atom stereocenters. The van der Waals surface area contributed by atoms with Crippen molar-refractivity contribution in [1.29, 1.82) is 0 Å². The van der Waals surface area contributed by atoms with Gasteiger partial charge in [-0.25, -0.2) is 0 Å². The molecule has 2 heteroatoms. The summed E-state index contributed by atoms with van der Waals surface area (Å²) in [7, 11) is 0. The quantitative estimate of drug-likeness (QED) is 0.194. The SMILES string of the molecule is c1ccc(-c2cccc3c4ccc5ccnc6c7cc8ccccc8cc7n(c23)c4c56)cc1. The molecule has 0 fully saturated rings. The van der Waals surface area contributed by atoms with E-state index in [4.69, 9.17) is 4.98 Å². The summed E-state index contributed by atoms with van der Waals surface area (Å²) in [4.78, 5) is 4.91. The highest BCUT2D eigenvalue weighted by Gasteiger charge is 2.21. The summed E-state index contributed by atoms with van der Waals surface area (Å²) in [5.41, 5.74) is 7.29. The highest BCUT2D eigenvalue weighted by molar-refractivity contribution is 6.29. The number of nitrogens with zero attached hydrogens (tertiary/aromatic N) is 2. The highest BCUT2D eigenvalue weighted by Crippen LogP contribution is 2.43. The molecule has 5 aromatic carbocycles. The summed E-state index contributed by atoms with van der Waals surface area (Å²) in [5.74, 6) is 0. The number of fused-ring (bicyclic) bond motifs is 7. The third-order valence-electron chi connectivity index (χ3n) is 7.12. The Morgan fingerprint density at radius 2 is 1.33 bits per heavy atom. The molecule has 0 amide bonds. The van der Waals surface area contributed by atoms with Crippen molar-refractivity contribution in [2.75, 3.05) is 0 Å². The van der Waals surface area contributed by atoms with E-state index in [1.54, 1.807) is 0 Å². The van der Waals surface area contributed by atoms with Crippen LogP contribution in [0.5, 0.6) is 0 Å². The maximum Gasteiger partial charge on any atom is 0.0822 e. The van der Waals surface area contributed by atoms with Gasteiger partial charge in [-0.1, -0.05) is 84.9 Å². The second-order valence-corrected chi connectivity index (χ2v) is 8.84. The lowest BCUT2D eigenvalue weighted by Crippen LogP contribution is -1.95. The van der Waals surface area contributed by atoms with Gasteiger partial charge >= 0.3 is 0 Å². The van der Waals surface area contributed by atoms with E-state index in [2.05, 4.69) is 108 Å². The Morgan fingerprint density at radius 3 is 2.21 bits per heavy atom. The fourth-order valence-corrected chi connectivity index (χ4v) is 5.71. The monoisotopic (exact) mass is 418 g/mol. The molecule has 0 radical (unpaired) electrons. The molecule has 8 aromatic rings. The molecule has 0 saturated heterocycles. The van der Waals surface area contributed by atoms with Gasteiger partial charge in [-0.2, -0.15) is 0 Å². The lowest BCUT2D eigenvalue weighted by molar-refractivity contribution is 1.34. The second-order valence-electron chi connectivity index (χ2n) is 8.84. The first-order chi connectivity index (χ1) is 16.4. The molecule has 0 bridgehead atoms. The normalized spacial score (nSPS) is 12.2. The van der Waals surface area contributed by atoms with Gasteiger partial charge in [0.1, 0.15) is 0 Å². The molecule has 0 aliphatic rings. The zero-order valence-corrected chi connectivity index (χ0v) is 17.8. The van der Waals surface area contributed by atoms with Gasteiger partial charge in [-0.15, -0.1) is 0 Å². The molecular weight excluding hydrogens is 400 g/mol. The Kier molecular flexibility index (Phi) is 3.16. The van der Waals surface area contributed by atoms with E-state index in [1.165, 1.54) is 65.4 Å². The minimum absolute atomic E-state index is 1.08. The fourth-order valence-electron chi connectivity index (χ4n) is 5.71. The Morgan fingerprint density at radius 1 is 0.545 bits per heavy atom. The maximum atomic E-state index is 4.91. The zero-order valence-electron chi connectivity index (χ0n) is 17.8. The largest absolute Gasteiger partial charge is 0.307 e. The van der Waals surface area contributed by atoms with Crippen molar-refractivity contribution in [3.8, 4) is 11.1 Å². The zero-order chi connectivity index (χ0) is 21.5. The predicted molar refractivity (Wildman–Crippen MR) is 139 cm³/mol. The van der Waals surface area contributed by atoms with Gasteiger partial charge in [-0.05, 0) is 39.9 Å². The van der Waals surface area contributed by atoms with Gasteiger partial charge in [-0.3, -0.25) is 4.98 Å². The number of benzene rings is 5. The molecule has 0 aliphatic carbocycles. The Hall–Kier alpha value is -4.43. The van der Waals surface area contributed by atoms with Gasteiger partial charge in [0.2, 0.25) is 0 Å². The molecule has 0 aliphatic heterocycles. The molecule has 3 aromatic heterocycles. The van der Waals surface area contributed by atoms with Crippen LogP contribution < -0.4 is 0 Å². The minimum Gasteiger partial charge on any atom is -0.307 e. The number of aromatic nitrogens is 2. The molecule has 152 valence electrons. The van der Waals surface area contributed by atoms with Crippen molar-refractivity contribution in [3.05, 3.63) is 109 Å². The van der Waals surface area contributed by atoms with Crippen LogP contribution in [0.15, 0.2) is 109 Å². The lowest BCUT2D eigenvalue weighted by atomic mass is 10.0. The summed E-state index contributed by atoms with van der Waals surface area (Å²) >= 11 is 0. The van der Waals surface area contributed by atoms with Crippen molar-refractivity contribution in [2.45, 2.75) is 0 Å². The number of hydrogen-bond acceptors (Lipinski definition) is 1. The molecule has 3 heterocycles. The molecule has 0 N–H and O–H groups in total. The van der Waals surface area contributed by atoms with Crippen molar-refractivity contribution in [1.82, 2.24) is 9.38 Å². The summed E-state index contributed by atoms with van der Waals surface area (Å²) in [6, 6.07) is 37.3. The van der Waals surface area contributed by atoms with Gasteiger partial charge < -0.3 is 4.40 Å². The van der Waals surface area contributed by atoms with Crippen LogP contribution in [-0.4, -0.2) is 9.38 Å². The Balaban J connectivity index is 1.75. The summed E-state index contributed by atoms with van der Waals surface area (Å²) in [6.45, 7) is 0. The first kappa shape index (κ1) is 17.2. The first-order valence-corrected chi connectivity index (χ1v) is 11.3. The van der Waals surface area contributed by atoms with E-state index in [0.717, 1.165) is 5.52 Å². The van der Waals surface area contributed by atoms with Crippen molar-refractivity contribution >= 4 is 59.8 Å². The number of para-hydroxylation sites is 1. The molecule has 33 heavy (non-hydrogen) atoms. The summed E-state index contributed by atoms with van der Waals surface area (Å²) in [6.07, 6.45) is 1.94. The van der Waals surface area contributed by atoms with Gasteiger partial charge in [0.25, 0.3) is 0 Å². The molecule has 0 atom stereocenters. The molecule has 2 nitrogen and oxygen atoms in total. The van der Waals surface area contributed by atoms with Crippen molar-refractivity contribution < 1.29 is 0 Å². The van der Waals surface area contributed by atoms with Crippen molar-refractivity contribution in [3.63, 3.8) is 0 Å². The van der Waals surface area contributed by atoms with Crippen LogP contribution in [0.2, 0.25) is 0 Å². The van der Waals surface area contributed by atoms with E-state index < -0.39 is 0 Å². The van der Waals surface area contributed by atoms with E-state index in [1.807, 2.05) is 6.20 Å². The second kappa shape index (κ2) is 6.08. The number of hydrogen-bond donors (Lipinski definition) is 0. The van der Waals surface area contributed by atoms with Crippen LogP contribution in [0.1, 0.15) is 0 Å². The van der Waals surface area contributed by atoms with Crippen LogP contribution in [-0.2, 0) is 0 Å². The maximum absolute atomic E-state index is 4.91. The van der Waals surface area contributed by atoms with E-state index >= 15 is 0 Å². The topological polar surface area (TPSA) is 17.3 Å². The molecule has 0 spiro atoms. The fraction of sp³-hybridized carbons (Fsp3) is 0. The van der Waals surface area contributed by atoms with Crippen LogP contribution in [0.4, 0.5) is 0 Å². The van der Waals surface area contributed by atoms with E-state index in [0.29, 0.717) is 0 Å². The van der Waals surface area contributed by atoms with Crippen LogP contribution >= 0.6 is 0 Å². The Labute approximate surface area is 189 Å². The minimum atomic E-state index is 1.08. The van der Waals surface area contributed by atoms with Gasteiger partial charge in [0.05, 0.1) is 22.1 Å². The number of rotatable bonds is 1. The average molecular weight is 418 g/mol.